The molecule has 1 aliphatic carbocycles. The normalized spacial score (nSPS) is 14.6. The first-order chi connectivity index (χ1) is 15.3. The van der Waals surface area contributed by atoms with E-state index in [2.05, 4.69) is 99.2 Å². The van der Waals surface area contributed by atoms with Crippen LogP contribution < -0.4 is 8.46 Å². The van der Waals surface area contributed by atoms with Crippen molar-refractivity contribution in [2.24, 2.45) is 0 Å². The van der Waals surface area contributed by atoms with Crippen LogP contribution in [-0.4, -0.2) is 44.5 Å². The third-order valence-corrected chi connectivity index (χ3v) is 20.6. The second-order valence-corrected chi connectivity index (χ2v) is 33.5. The van der Waals surface area contributed by atoms with Crippen molar-refractivity contribution in [1.29, 1.82) is 0 Å². The third kappa shape index (κ3) is 4.69. The first-order valence-electron chi connectivity index (χ1n) is 12.2. The van der Waals surface area contributed by atoms with E-state index in [1.807, 2.05) is 24.3 Å². The number of ketones is 2. The Morgan fingerprint density at radius 2 is 0.735 bits per heavy atom. The maximum atomic E-state index is 14.2. The zero-order chi connectivity index (χ0) is 26.0. The van der Waals surface area contributed by atoms with Crippen molar-refractivity contribution in [1.82, 2.24) is 0 Å². The SMILES string of the molecule is C[Si](C)(C)N(c1ccc(N([Si](C)(C)C)[Si](C)(C)C)c2c1C(=O)c1ccccc1C2=O)[Si](C)(C)C. The predicted octanol–water partition coefficient (Wildman–Crippen LogP) is 7.41. The zero-order valence-electron chi connectivity index (χ0n) is 23.2. The van der Waals surface area contributed by atoms with Gasteiger partial charge in [0.25, 0.3) is 0 Å². The number of fused-ring (bicyclic) bond motifs is 2. The summed E-state index contributed by atoms with van der Waals surface area (Å²) in [5, 5.41) is 0. The molecule has 0 aliphatic heterocycles. The second-order valence-electron chi connectivity index (χ2n) is 13.4. The van der Waals surface area contributed by atoms with Gasteiger partial charge in [-0.1, -0.05) is 103 Å². The molecular weight excluding hydrogens is 485 g/mol. The van der Waals surface area contributed by atoms with E-state index >= 15 is 0 Å². The van der Waals surface area contributed by atoms with Crippen LogP contribution in [0.15, 0.2) is 36.4 Å². The quantitative estimate of drug-likeness (QED) is 0.313. The molecule has 0 spiro atoms. The van der Waals surface area contributed by atoms with Gasteiger partial charge in [0.2, 0.25) is 0 Å². The lowest BCUT2D eigenvalue weighted by atomic mass is 9.82. The fraction of sp³-hybridized carbons (Fsp3) is 0.462. The van der Waals surface area contributed by atoms with E-state index < -0.39 is 32.9 Å². The minimum absolute atomic E-state index is 0.00495. The average molecular weight is 527 g/mol. The smallest absolute Gasteiger partial charge is 0.196 e. The largest absolute Gasteiger partial charge is 0.424 e. The van der Waals surface area contributed by atoms with Gasteiger partial charge in [-0.25, -0.2) is 0 Å². The van der Waals surface area contributed by atoms with Crippen LogP contribution in [0.25, 0.3) is 0 Å². The molecule has 2 aromatic carbocycles. The fourth-order valence-corrected chi connectivity index (χ4v) is 25.8. The molecule has 34 heavy (non-hydrogen) atoms. The standard InChI is InChI=1S/C26H42N2O2Si4/c1-31(2,3)27(32(4,5)6)21-17-18-22(28(33(7,8)9)34(10,11)12)24-23(21)25(29)19-15-13-14-16-20(19)26(24)30/h13-18H,1-12H3. The number of hydrogen-bond acceptors (Lipinski definition) is 4. The van der Waals surface area contributed by atoms with Gasteiger partial charge in [0, 0.05) is 22.5 Å². The van der Waals surface area contributed by atoms with Gasteiger partial charge in [0.05, 0.1) is 11.1 Å². The first-order valence-corrected chi connectivity index (χ1v) is 26.0. The van der Waals surface area contributed by atoms with E-state index in [4.69, 9.17) is 0 Å². The average Bonchev–Trinajstić information content (AvgIpc) is 2.62. The number of carbonyl (C=O) groups is 2. The fourth-order valence-electron chi connectivity index (χ4n) is 6.02. The summed E-state index contributed by atoms with van der Waals surface area (Å²) in [6.45, 7) is 28.1. The van der Waals surface area contributed by atoms with Gasteiger partial charge >= 0.3 is 0 Å². The Labute approximate surface area is 210 Å². The van der Waals surface area contributed by atoms with Crippen molar-refractivity contribution in [3.05, 3.63) is 58.7 Å². The highest BCUT2D eigenvalue weighted by Crippen LogP contribution is 2.44. The number of nitrogens with zero attached hydrogens (tertiary/aromatic N) is 2. The molecule has 0 amide bonds. The maximum Gasteiger partial charge on any atom is 0.196 e. The molecule has 0 radical (unpaired) electrons. The van der Waals surface area contributed by atoms with E-state index in [9.17, 15) is 9.59 Å². The lowest BCUT2D eigenvalue weighted by Crippen LogP contribution is -2.61. The van der Waals surface area contributed by atoms with Crippen molar-refractivity contribution < 1.29 is 9.59 Å². The summed E-state index contributed by atoms with van der Waals surface area (Å²) < 4.78 is 5.16. The van der Waals surface area contributed by atoms with Crippen LogP contribution in [-0.2, 0) is 0 Å². The van der Waals surface area contributed by atoms with Gasteiger partial charge < -0.3 is 8.46 Å². The summed E-state index contributed by atoms with van der Waals surface area (Å²) in [6, 6.07) is 11.7. The summed E-state index contributed by atoms with van der Waals surface area (Å²) in [7, 11) is -7.39. The molecule has 4 nitrogen and oxygen atoms in total. The molecule has 0 heterocycles. The monoisotopic (exact) mass is 526 g/mol. The highest BCUT2D eigenvalue weighted by molar-refractivity contribution is 7.00. The van der Waals surface area contributed by atoms with Crippen LogP contribution in [0.2, 0.25) is 78.6 Å². The Morgan fingerprint density at radius 3 is 0.971 bits per heavy atom. The van der Waals surface area contributed by atoms with Crippen molar-refractivity contribution >= 4 is 55.9 Å². The van der Waals surface area contributed by atoms with E-state index in [-0.39, 0.29) is 11.6 Å². The molecule has 0 fully saturated rings. The van der Waals surface area contributed by atoms with Gasteiger partial charge in [-0.05, 0) is 12.1 Å². The number of anilines is 2. The molecular formula is C26H42N2O2Si4. The molecule has 0 saturated carbocycles. The Bertz CT molecular complexity index is 1030. The molecule has 2 aromatic rings. The van der Waals surface area contributed by atoms with Crippen LogP contribution in [0.1, 0.15) is 31.8 Å². The molecule has 184 valence electrons. The summed E-state index contributed by atoms with van der Waals surface area (Å²) in [5.74, 6) is -0.00990. The molecule has 0 N–H and O–H groups in total. The lowest BCUT2D eigenvalue weighted by Gasteiger charge is -2.49. The maximum absolute atomic E-state index is 14.2. The summed E-state index contributed by atoms with van der Waals surface area (Å²) in [6.07, 6.45) is 0. The van der Waals surface area contributed by atoms with Gasteiger partial charge in [-0.2, -0.15) is 0 Å². The van der Waals surface area contributed by atoms with Crippen LogP contribution in [0, 0.1) is 0 Å². The predicted molar refractivity (Wildman–Crippen MR) is 158 cm³/mol. The molecule has 0 unspecified atom stereocenters. The molecule has 0 saturated heterocycles. The Morgan fingerprint density at radius 1 is 0.471 bits per heavy atom. The molecule has 8 heteroatoms. The van der Waals surface area contributed by atoms with Gasteiger partial charge in [0.15, 0.2) is 11.6 Å². The Kier molecular flexibility index (Phi) is 6.65. The first kappa shape index (κ1) is 26.8. The van der Waals surface area contributed by atoms with E-state index in [0.717, 1.165) is 11.4 Å². The summed E-state index contributed by atoms with van der Waals surface area (Å²) in [4.78, 5) is 28.3. The zero-order valence-corrected chi connectivity index (χ0v) is 27.2. The van der Waals surface area contributed by atoms with Crippen LogP contribution >= 0.6 is 0 Å². The topological polar surface area (TPSA) is 40.6 Å². The van der Waals surface area contributed by atoms with Crippen LogP contribution in [0.4, 0.5) is 11.4 Å². The number of carbonyl (C=O) groups excluding carboxylic acids is 2. The van der Waals surface area contributed by atoms with E-state index in [1.165, 1.54) is 0 Å². The molecule has 0 bridgehead atoms. The second kappa shape index (κ2) is 8.43. The van der Waals surface area contributed by atoms with E-state index in [0.29, 0.717) is 22.3 Å². The highest BCUT2D eigenvalue weighted by Gasteiger charge is 2.44. The van der Waals surface area contributed by atoms with Crippen molar-refractivity contribution in [2.75, 3.05) is 8.46 Å². The van der Waals surface area contributed by atoms with Crippen molar-refractivity contribution in [3.63, 3.8) is 0 Å². The molecule has 3 rings (SSSR count). The minimum Gasteiger partial charge on any atom is -0.424 e. The minimum atomic E-state index is -1.85. The van der Waals surface area contributed by atoms with E-state index in [1.54, 1.807) is 0 Å². The van der Waals surface area contributed by atoms with Crippen molar-refractivity contribution in [2.45, 2.75) is 78.6 Å². The Hall–Kier alpha value is -1.75. The number of hydrogen-bond donors (Lipinski definition) is 0. The number of benzene rings is 2. The van der Waals surface area contributed by atoms with Gasteiger partial charge in [-0.15, -0.1) is 0 Å². The van der Waals surface area contributed by atoms with Crippen LogP contribution in [0.3, 0.4) is 0 Å². The summed E-state index contributed by atoms with van der Waals surface area (Å²) >= 11 is 0. The molecule has 0 atom stereocenters. The molecule has 1 aliphatic rings. The third-order valence-electron chi connectivity index (χ3n) is 6.20. The van der Waals surface area contributed by atoms with Gasteiger partial charge in [0.1, 0.15) is 32.9 Å². The summed E-state index contributed by atoms with van der Waals surface area (Å²) in [5.41, 5.74) is 4.28. The molecule has 0 aromatic heterocycles. The lowest BCUT2D eigenvalue weighted by molar-refractivity contribution is 0.0980. The van der Waals surface area contributed by atoms with Gasteiger partial charge in [-0.3, -0.25) is 9.59 Å². The number of rotatable bonds is 6. The Balaban J connectivity index is 2.50. The van der Waals surface area contributed by atoms with Crippen molar-refractivity contribution in [3.8, 4) is 0 Å². The highest BCUT2D eigenvalue weighted by atomic mass is 28.4. The van der Waals surface area contributed by atoms with Crippen LogP contribution in [0.5, 0.6) is 0 Å².